The van der Waals surface area contributed by atoms with Gasteiger partial charge in [0.1, 0.15) is 11.6 Å². The van der Waals surface area contributed by atoms with Crippen LogP contribution in [0.25, 0.3) is 0 Å². The number of aliphatic hydroxyl groups is 1. The third-order valence-corrected chi connectivity index (χ3v) is 8.47. The fraction of sp³-hybridized carbons (Fsp3) is 0.429. The monoisotopic (exact) mass is 586 g/mol. The van der Waals surface area contributed by atoms with Crippen LogP contribution < -0.4 is 10.6 Å². The van der Waals surface area contributed by atoms with Gasteiger partial charge >= 0.3 is 12.0 Å². The molecular weight excluding hydrogens is 552 g/mol. The molecule has 1 aliphatic rings. The lowest BCUT2D eigenvalue weighted by molar-refractivity contribution is -0.268. The highest BCUT2D eigenvalue weighted by Gasteiger charge is 2.38. The number of ether oxygens (including phenoxy) is 3. The molecule has 12 heteroatoms. The Kier molecular flexibility index (Phi) is 10.9. The van der Waals surface area contributed by atoms with Crippen molar-refractivity contribution in [3.05, 3.63) is 75.8 Å². The van der Waals surface area contributed by atoms with Crippen LogP contribution in [0.3, 0.4) is 0 Å². The molecule has 2 aromatic carbocycles. The van der Waals surface area contributed by atoms with Gasteiger partial charge in [0.2, 0.25) is 0 Å². The van der Waals surface area contributed by atoms with Gasteiger partial charge in [-0.15, -0.1) is 10.2 Å². The Balaban J connectivity index is 1.42. The first-order chi connectivity index (χ1) is 19.4. The molecule has 2 heterocycles. The van der Waals surface area contributed by atoms with E-state index in [9.17, 15) is 14.7 Å². The molecule has 214 valence electrons. The Morgan fingerprint density at radius 1 is 1.02 bits per heavy atom. The van der Waals surface area contributed by atoms with Crippen molar-refractivity contribution in [2.75, 3.05) is 18.9 Å². The first-order valence-electron chi connectivity index (χ1n) is 13.1. The van der Waals surface area contributed by atoms with Gasteiger partial charge in [0.25, 0.3) is 0 Å². The highest BCUT2D eigenvalue weighted by molar-refractivity contribution is 8.01. The minimum Gasteiger partial charge on any atom is -0.465 e. The third kappa shape index (κ3) is 8.24. The molecule has 40 heavy (non-hydrogen) atoms. The second kappa shape index (κ2) is 14.6. The van der Waals surface area contributed by atoms with Crippen LogP contribution in [0.1, 0.15) is 53.5 Å². The van der Waals surface area contributed by atoms with Gasteiger partial charge in [0, 0.05) is 23.8 Å². The van der Waals surface area contributed by atoms with Crippen molar-refractivity contribution < 1.29 is 28.9 Å². The van der Waals surface area contributed by atoms with Gasteiger partial charge < -0.3 is 30.0 Å². The van der Waals surface area contributed by atoms with Crippen molar-refractivity contribution in [3.63, 3.8) is 0 Å². The maximum atomic E-state index is 12.0. The summed E-state index contributed by atoms with van der Waals surface area (Å²) in [6.45, 7) is 6.13. The number of aromatic nitrogens is 2. The predicted molar refractivity (Wildman–Crippen MR) is 152 cm³/mol. The van der Waals surface area contributed by atoms with Crippen LogP contribution in [0.5, 0.6) is 0 Å². The highest BCUT2D eigenvalue weighted by atomic mass is 32.2. The Morgan fingerprint density at radius 3 is 2.38 bits per heavy atom. The van der Waals surface area contributed by atoms with Crippen molar-refractivity contribution >= 4 is 35.1 Å². The van der Waals surface area contributed by atoms with Gasteiger partial charge in [-0.05, 0) is 30.5 Å². The number of nitrogens with one attached hydrogen (secondary N) is 2. The first-order valence-corrected chi connectivity index (χ1v) is 14.9. The minimum atomic E-state index is -0.588. The van der Waals surface area contributed by atoms with E-state index in [1.807, 2.05) is 55.5 Å². The molecule has 4 unspecified atom stereocenters. The lowest BCUT2D eigenvalue weighted by Gasteiger charge is -2.41. The van der Waals surface area contributed by atoms with Gasteiger partial charge in [-0.3, -0.25) is 4.79 Å². The summed E-state index contributed by atoms with van der Waals surface area (Å²) in [7, 11) is 0. The van der Waals surface area contributed by atoms with E-state index >= 15 is 0 Å². The van der Waals surface area contributed by atoms with E-state index in [2.05, 4.69) is 27.8 Å². The fourth-order valence-electron chi connectivity index (χ4n) is 4.20. The molecule has 3 aromatic rings. The summed E-state index contributed by atoms with van der Waals surface area (Å²) in [5.41, 5.74) is 3.61. The first kappa shape index (κ1) is 29.9. The molecule has 1 fully saturated rings. The molecular formula is C28H34N4O6S2. The van der Waals surface area contributed by atoms with Gasteiger partial charge in [0.05, 0.1) is 25.4 Å². The van der Waals surface area contributed by atoms with Crippen LogP contribution in [-0.4, -0.2) is 52.3 Å². The maximum absolute atomic E-state index is 12.0. The molecule has 2 amide bonds. The van der Waals surface area contributed by atoms with Gasteiger partial charge in [-0.1, -0.05) is 78.6 Å². The largest absolute Gasteiger partial charge is 0.465 e. The second-order valence-electron chi connectivity index (χ2n) is 9.30. The number of benzene rings is 2. The quantitative estimate of drug-likeness (QED) is 0.222. The number of aryl methyl sites for hydroxylation is 1. The number of thioether (sulfide) groups is 1. The predicted octanol–water partition coefficient (Wildman–Crippen LogP) is 4.28. The summed E-state index contributed by atoms with van der Waals surface area (Å²) in [4.78, 5) is 23.4. The Hall–Kier alpha value is -3.03. The van der Waals surface area contributed by atoms with E-state index < -0.39 is 18.3 Å². The molecule has 0 saturated carbocycles. The number of amides is 2. The Bertz CT molecular complexity index is 1250. The average Bonchev–Trinajstić information content (AvgIpc) is 3.39. The molecule has 3 N–H and O–H groups in total. The van der Waals surface area contributed by atoms with Crippen molar-refractivity contribution in [3.8, 4) is 0 Å². The number of urea groups is 1. The van der Waals surface area contributed by atoms with E-state index in [0.717, 1.165) is 31.6 Å². The number of carbonyl (C=O) groups excluding carboxylic acids is 2. The number of hydrogen-bond acceptors (Lipinski definition) is 10. The Morgan fingerprint density at radius 2 is 1.73 bits per heavy atom. The van der Waals surface area contributed by atoms with Crippen molar-refractivity contribution in [1.82, 2.24) is 20.8 Å². The average molecular weight is 587 g/mol. The number of nitrogens with zero attached hydrogens (tertiary/aromatic N) is 2. The molecule has 1 aliphatic heterocycles. The summed E-state index contributed by atoms with van der Waals surface area (Å²) in [5, 5.41) is 23.9. The second-order valence-corrected chi connectivity index (χ2v) is 11.8. The van der Waals surface area contributed by atoms with Crippen LogP contribution in [0.15, 0.2) is 52.9 Å². The van der Waals surface area contributed by atoms with Crippen molar-refractivity contribution in [2.24, 2.45) is 5.92 Å². The van der Waals surface area contributed by atoms with E-state index in [1.165, 1.54) is 0 Å². The third-order valence-electron chi connectivity index (χ3n) is 6.41. The van der Waals surface area contributed by atoms with Gasteiger partial charge in [0.15, 0.2) is 10.6 Å². The topological polar surface area (TPSA) is 132 Å². The number of carbonyl (C=O) groups is 2. The lowest BCUT2D eigenvalue weighted by Crippen LogP contribution is -2.39. The molecule has 4 rings (SSSR count). The van der Waals surface area contributed by atoms with E-state index in [-0.39, 0.29) is 37.9 Å². The Labute approximate surface area is 241 Å². The smallest absolute Gasteiger partial charge is 0.325 e. The van der Waals surface area contributed by atoms with Gasteiger partial charge in [-0.2, -0.15) is 0 Å². The molecule has 1 aromatic heterocycles. The number of rotatable bonds is 11. The lowest BCUT2D eigenvalue weighted by atomic mass is 9.91. The number of esters is 1. The van der Waals surface area contributed by atoms with Crippen LogP contribution in [0.4, 0.5) is 4.79 Å². The van der Waals surface area contributed by atoms with Crippen LogP contribution in [0, 0.1) is 12.8 Å². The number of hydrogen-bond donors (Lipinski definition) is 3. The molecule has 0 radical (unpaired) electrons. The fourth-order valence-corrected chi connectivity index (χ4v) is 6.21. The van der Waals surface area contributed by atoms with Crippen molar-refractivity contribution in [1.29, 1.82) is 0 Å². The van der Waals surface area contributed by atoms with E-state index in [0.29, 0.717) is 12.3 Å². The minimum absolute atomic E-state index is 0.0120. The summed E-state index contributed by atoms with van der Waals surface area (Å²) < 4.78 is 18.7. The SMILES string of the molecule is CCOC(=O)CNC(=O)NCc1ccc(C2OC(CSc3nnc(C)s3)C(C)C(c3ccc(CO)cc3)O2)cc1. The summed E-state index contributed by atoms with van der Waals surface area (Å²) >= 11 is 3.19. The summed E-state index contributed by atoms with van der Waals surface area (Å²) in [5.74, 6) is 0.278. The zero-order chi connectivity index (χ0) is 28.5. The highest BCUT2D eigenvalue weighted by Crippen LogP contribution is 2.43. The molecule has 10 nitrogen and oxygen atoms in total. The maximum Gasteiger partial charge on any atom is 0.325 e. The zero-order valence-electron chi connectivity index (χ0n) is 22.7. The molecule has 0 aliphatic carbocycles. The van der Waals surface area contributed by atoms with E-state index in [1.54, 1.807) is 30.0 Å². The zero-order valence-corrected chi connectivity index (χ0v) is 24.3. The summed E-state index contributed by atoms with van der Waals surface area (Å²) in [6, 6.07) is 15.0. The van der Waals surface area contributed by atoms with Crippen LogP contribution in [-0.2, 0) is 32.2 Å². The van der Waals surface area contributed by atoms with Crippen LogP contribution >= 0.6 is 23.1 Å². The van der Waals surface area contributed by atoms with E-state index in [4.69, 9.17) is 14.2 Å². The normalized spacial score (nSPS) is 20.6. The van der Waals surface area contributed by atoms with Gasteiger partial charge in [-0.25, -0.2) is 4.79 Å². The molecule has 0 spiro atoms. The number of aliphatic hydroxyl groups excluding tert-OH is 1. The molecule has 4 atom stereocenters. The summed E-state index contributed by atoms with van der Waals surface area (Å²) in [6.07, 6.45) is -0.909. The molecule has 1 saturated heterocycles. The van der Waals surface area contributed by atoms with Crippen molar-refractivity contribution in [2.45, 2.75) is 56.8 Å². The standard InChI is InChI=1S/C28H34N4O6S2/c1-4-36-24(34)14-30-27(35)29-13-19-5-11-22(12-6-19)26-37-23(16-39-28-32-31-18(3)40-28)17(2)25(38-26)21-9-7-20(15-33)8-10-21/h5-12,17,23,25-26,33H,4,13-16H2,1-3H3,(H2,29,30,35). The molecule has 0 bridgehead atoms. The van der Waals surface area contributed by atoms with Crippen LogP contribution in [0.2, 0.25) is 0 Å².